The van der Waals surface area contributed by atoms with Crippen molar-refractivity contribution in [3.63, 3.8) is 0 Å². The molecule has 0 aliphatic carbocycles. The maximum absolute atomic E-state index is 11.7. The van der Waals surface area contributed by atoms with E-state index in [1.165, 1.54) is 0 Å². The molecule has 0 spiro atoms. The summed E-state index contributed by atoms with van der Waals surface area (Å²) in [5.74, 6) is 2.99. The minimum absolute atomic E-state index is 0.0609. The maximum Gasteiger partial charge on any atom is 0.224 e. The van der Waals surface area contributed by atoms with Crippen LogP contribution in [0.5, 0.6) is 0 Å². The molecule has 0 heterocycles. The van der Waals surface area contributed by atoms with E-state index in [1.807, 2.05) is 23.9 Å². The Kier molecular flexibility index (Phi) is 6.65. The summed E-state index contributed by atoms with van der Waals surface area (Å²) in [5, 5.41) is 2.85. The molecular formula is C14H22N2OS. The maximum atomic E-state index is 11.7. The number of carbonyl (C=O) groups excluding carboxylic acids is 1. The van der Waals surface area contributed by atoms with E-state index in [-0.39, 0.29) is 5.91 Å². The Morgan fingerprint density at radius 1 is 1.44 bits per heavy atom. The molecule has 3 N–H and O–H groups in total. The molecule has 0 saturated carbocycles. The zero-order valence-electron chi connectivity index (χ0n) is 11.1. The number of hydrogen-bond donors (Lipinski definition) is 2. The smallest absolute Gasteiger partial charge is 0.224 e. The molecule has 1 aromatic carbocycles. The third kappa shape index (κ3) is 6.55. The van der Waals surface area contributed by atoms with E-state index in [0.29, 0.717) is 12.1 Å². The van der Waals surface area contributed by atoms with Gasteiger partial charge in [-0.15, -0.1) is 0 Å². The molecule has 1 aromatic rings. The van der Waals surface area contributed by atoms with Crippen LogP contribution in [0.25, 0.3) is 0 Å². The summed E-state index contributed by atoms with van der Waals surface area (Å²) in [5.41, 5.74) is 7.09. The van der Waals surface area contributed by atoms with E-state index in [9.17, 15) is 4.79 Å². The summed E-state index contributed by atoms with van der Waals surface area (Å²) in [7, 11) is 0. The third-order valence-electron chi connectivity index (χ3n) is 2.31. The first-order valence-electron chi connectivity index (χ1n) is 6.31. The molecule has 0 saturated heterocycles. The molecule has 0 radical (unpaired) electrons. The number of thioether (sulfide) groups is 1. The van der Waals surface area contributed by atoms with Gasteiger partial charge in [0.2, 0.25) is 5.91 Å². The van der Waals surface area contributed by atoms with Crippen molar-refractivity contribution in [1.82, 2.24) is 0 Å². The average molecular weight is 266 g/mol. The van der Waals surface area contributed by atoms with Crippen LogP contribution in [0.3, 0.4) is 0 Å². The van der Waals surface area contributed by atoms with Crippen LogP contribution in [-0.2, 0) is 4.79 Å². The van der Waals surface area contributed by atoms with Crippen LogP contribution in [0.15, 0.2) is 24.3 Å². The van der Waals surface area contributed by atoms with Crippen molar-refractivity contribution in [2.24, 2.45) is 5.92 Å². The van der Waals surface area contributed by atoms with Crippen molar-refractivity contribution in [2.45, 2.75) is 26.7 Å². The Morgan fingerprint density at radius 2 is 2.22 bits per heavy atom. The summed E-state index contributed by atoms with van der Waals surface area (Å²) >= 11 is 1.91. The fraction of sp³-hybridized carbons (Fsp3) is 0.500. The predicted molar refractivity (Wildman–Crippen MR) is 80.9 cm³/mol. The van der Waals surface area contributed by atoms with Gasteiger partial charge < -0.3 is 11.1 Å². The van der Waals surface area contributed by atoms with Crippen LogP contribution in [-0.4, -0.2) is 17.4 Å². The fourth-order valence-corrected chi connectivity index (χ4v) is 2.48. The monoisotopic (exact) mass is 266 g/mol. The largest absolute Gasteiger partial charge is 0.399 e. The first-order chi connectivity index (χ1) is 8.58. The Labute approximate surface area is 114 Å². The average Bonchev–Trinajstić information content (AvgIpc) is 2.28. The minimum atomic E-state index is 0.0609. The van der Waals surface area contributed by atoms with Gasteiger partial charge in [0.1, 0.15) is 0 Å². The quantitative estimate of drug-likeness (QED) is 0.587. The Morgan fingerprint density at radius 3 is 2.89 bits per heavy atom. The molecule has 0 aromatic heterocycles. The number of nitrogens with two attached hydrogens (primary N) is 1. The van der Waals surface area contributed by atoms with Crippen LogP contribution in [0.1, 0.15) is 26.7 Å². The second-order valence-electron chi connectivity index (χ2n) is 4.75. The Balaban J connectivity index is 2.18. The highest BCUT2D eigenvalue weighted by molar-refractivity contribution is 7.99. The molecule has 0 unspecified atom stereocenters. The van der Waals surface area contributed by atoms with E-state index in [1.54, 1.807) is 12.1 Å². The lowest BCUT2D eigenvalue weighted by Crippen LogP contribution is -2.11. The van der Waals surface area contributed by atoms with E-state index >= 15 is 0 Å². The highest BCUT2D eigenvalue weighted by atomic mass is 32.2. The first-order valence-corrected chi connectivity index (χ1v) is 7.46. The van der Waals surface area contributed by atoms with Crippen molar-refractivity contribution < 1.29 is 4.79 Å². The molecule has 0 bridgehead atoms. The van der Waals surface area contributed by atoms with Crippen LogP contribution in [0, 0.1) is 5.92 Å². The summed E-state index contributed by atoms with van der Waals surface area (Å²) in [6, 6.07) is 7.26. The van der Waals surface area contributed by atoms with Gasteiger partial charge in [-0.2, -0.15) is 11.8 Å². The zero-order chi connectivity index (χ0) is 13.4. The lowest BCUT2D eigenvalue weighted by Gasteiger charge is -2.06. The standard InChI is InChI=1S/C14H22N2OS/c1-11(2)10-18-8-4-7-14(17)16-13-6-3-5-12(15)9-13/h3,5-6,9,11H,4,7-8,10,15H2,1-2H3,(H,16,17). The van der Waals surface area contributed by atoms with Gasteiger partial charge in [-0.3, -0.25) is 4.79 Å². The lowest BCUT2D eigenvalue weighted by molar-refractivity contribution is -0.116. The van der Waals surface area contributed by atoms with Gasteiger partial charge >= 0.3 is 0 Å². The summed E-state index contributed by atoms with van der Waals surface area (Å²) in [6.07, 6.45) is 1.49. The topological polar surface area (TPSA) is 55.1 Å². The van der Waals surface area contributed by atoms with Crippen molar-refractivity contribution in [3.8, 4) is 0 Å². The van der Waals surface area contributed by atoms with Crippen molar-refractivity contribution in [2.75, 3.05) is 22.6 Å². The second-order valence-corrected chi connectivity index (χ2v) is 5.90. The number of hydrogen-bond acceptors (Lipinski definition) is 3. The van der Waals surface area contributed by atoms with Gasteiger partial charge in [0.15, 0.2) is 0 Å². The minimum Gasteiger partial charge on any atom is -0.399 e. The molecule has 100 valence electrons. The molecular weight excluding hydrogens is 244 g/mol. The van der Waals surface area contributed by atoms with Gasteiger partial charge in [-0.25, -0.2) is 0 Å². The molecule has 0 fully saturated rings. The number of rotatable bonds is 7. The number of nitrogens with one attached hydrogen (secondary N) is 1. The molecule has 0 atom stereocenters. The SMILES string of the molecule is CC(C)CSCCCC(=O)Nc1cccc(N)c1. The summed E-state index contributed by atoms with van der Waals surface area (Å²) in [4.78, 5) is 11.7. The van der Waals surface area contributed by atoms with Crippen molar-refractivity contribution >= 4 is 29.0 Å². The molecule has 0 aliphatic rings. The Bertz CT molecular complexity index is 380. The van der Waals surface area contributed by atoms with Crippen molar-refractivity contribution in [3.05, 3.63) is 24.3 Å². The number of carbonyl (C=O) groups is 1. The van der Waals surface area contributed by atoms with E-state index in [2.05, 4.69) is 19.2 Å². The van der Waals surface area contributed by atoms with Gasteiger partial charge in [-0.05, 0) is 42.0 Å². The van der Waals surface area contributed by atoms with E-state index < -0.39 is 0 Å². The van der Waals surface area contributed by atoms with E-state index in [0.717, 1.165) is 29.5 Å². The van der Waals surface area contributed by atoms with Gasteiger partial charge in [0.25, 0.3) is 0 Å². The zero-order valence-corrected chi connectivity index (χ0v) is 11.9. The highest BCUT2D eigenvalue weighted by Gasteiger charge is 2.02. The van der Waals surface area contributed by atoms with Crippen LogP contribution in [0.2, 0.25) is 0 Å². The number of amides is 1. The van der Waals surface area contributed by atoms with Crippen molar-refractivity contribution in [1.29, 1.82) is 0 Å². The molecule has 4 heteroatoms. The number of nitrogen functional groups attached to an aromatic ring is 1. The molecule has 1 amide bonds. The van der Waals surface area contributed by atoms with Gasteiger partial charge in [0, 0.05) is 17.8 Å². The van der Waals surface area contributed by atoms with Crippen LogP contribution < -0.4 is 11.1 Å². The Hall–Kier alpha value is -1.16. The number of anilines is 2. The predicted octanol–water partition coefficient (Wildman–Crippen LogP) is 3.38. The van der Waals surface area contributed by atoms with Crippen LogP contribution in [0.4, 0.5) is 11.4 Å². The first kappa shape index (κ1) is 14.9. The fourth-order valence-electron chi connectivity index (χ4n) is 1.49. The summed E-state index contributed by atoms with van der Waals surface area (Å²) in [6.45, 7) is 4.42. The van der Waals surface area contributed by atoms with Gasteiger partial charge in [-0.1, -0.05) is 19.9 Å². The normalized spacial score (nSPS) is 10.6. The van der Waals surface area contributed by atoms with Gasteiger partial charge in [0.05, 0.1) is 0 Å². The highest BCUT2D eigenvalue weighted by Crippen LogP contribution is 2.13. The second kappa shape index (κ2) is 8.03. The van der Waals surface area contributed by atoms with Crippen LogP contribution >= 0.6 is 11.8 Å². The number of benzene rings is 1. The summed E-state index contributed by atoms with van der Waals surface area (Å²) < 4.78 is 0. The lowest BCUT2D eigenvalue weighted by atomic mass is 10.2. The van der Waals surface area contributed by atoms with E-state index in [4.69, 9.17) is 5.73 Å². The molecule has 18 heavy (non-hydrogen) atoms. The third-order valence-corrected chi connectivity index (χ3v) is 3.79. The molecule has 1 rings (SSSR count). The molecule has 0 aliphatic heterocycles. The molecule has 3 nitrogen and oxygen atoms in total.